The minimum atomic E-state index is -0.142. The molecule has 2 N–H and O–H groups in total. The van der Waals surface area contributed by atoms with Crippen molar-refractivity contribution in [3.05, 3.63) is 29.6 Å². The maximum Gasteiger partial charge on any atom is 0.146 e. The summed E-state index contributed by atoms with van der Waals surface area (Å²) in [6.07, 6.45) is 3.58. The number of nitrogens with two attached hydrogens (primary N) is 1. The van der Waals surface area contributed by atoms with Gasteiger partial charge in [0.15, 0.2) is 0 Å². The van der Waals surface area contributed by atoms with Crippen molar-refractivity contribution in [2.24, 2.45) is 5.73 Å². The molecule has 16 heavy (non-hydrogen) atoms. The smallest absolute Gasteiger partial charge is 0.146 e. The number of anilines is 1. The number of benzene rings is 1. The summed E-state index contributed by atoms with van der Waals surface area (Å²) in [5, 5.41) is 0. The molecule has 0 radical (unpaired) electrons. The predicted molar refractivity (Wildman–Crippen MR) is 65.1 cm³/mol. The van der Waals surface area contributed by atoms with Crippen molar-refractivity contribution in [1.29, 1.82) is 0 Å². The third-order valence-electron chi connectivity index (χ3n) is 3.19. The molecule has 2 nitrogen and oxygen atoms in total. The van der Waals surface area contributed by atoms with Crippen LogP contribution in [0.2, 0.25) is 0 Å². The Balaban J connectivity index is 2.21. The van der Waals surface area contributed by atoms with Gasteiger partial charge in [0.25, 0.3) is 0 Å². The van der Waals surface area contributed by atoms with Crippen LogP contribution in [0.3, 0.4) is 0 Å². The monoisotopic (exact) mass is 222 g/mol. The summed E-state index contributed by atoms with van der Waals surface area (Å²) in [5.74, 6) is -0.142. The lowest BCUT2D eigenvalue weighted by Crippen LogP contribution is -2.30. The highest BCUT2D eigenvalue weighted by molar-refractivity contribution is 5.49. The Morgan fingerprint density at radius 1 is 1.25 bits per heavy atom. The van der Waals surface area contributed by atoms with E-state index in [4.69, 9.17) is 5.73 Å². The first-order valence-corrected chi connectivity index (χ1v) is 5.98. The van der Waals surface area contributed by atoms with E-state index in [1.54, 1.807) is 6.07 Å². The highest BCUT2D eigenvalue weighted by atomic mass is 19.1. The van der Waals surface area contributed by atoms with Gasteiger partial charge >= 0.3 is 0 Å². The molecule has 0 aromatic heterocycles. The Hall–Kier alpha value is -1.09. The third-order valence-corrected chi connectivity index (χ3v) is 3.19. The molecular weight excluding hydrogens is 203 g/mol. The summed E-state index contributed by atoms with van der Waals surface area (Å²) in [6, 6.07) is 5.25. The summed E-state index contributed by atoms with van der Waals surface area (Å²) in [4.78, 5) is 2.13. The number of hydrogen-bond acceptors (Lipinski definition) is 2. The molecule has 0 bridgehead atoms. The third kappa shape index (κ3) is 2.35. The molecule has 1 aromatic carbocycles. The van der Waals surface area contributed by atoms with Gasteiger partial charge in [0.1, 0.15) is 5.82 Å². The van der Waals surface area contributed by atoms with E-state index in [0.29, 0.717) is 0 Å². The summed E-state index contributed by atoms with van der Waals surface area (Å²) >= 11 is 0. The van der Waals surface area contributed by atoms with Crippen LogP contribution in [0, 0.1) is 5.82 Å². The van der Waals surface area contributed by atoms with Crippen LogP contribution in [0.5, 0.6) is 0 Å². The SMILES string of the molecule is CC(N)c1ccc(N2CCCCC2)c(F)c1. The van der Waals surface area contributed by atoms with Gasteiger partial charge in [0.05, 0.1) is 5.69 Å². The fourth-order valence-electron chi connectivity index (χ4n) is 2.20. The van der Waals surface area contributed by atoms with Gasteiger partial charge in [0.2, 0.25) is 0 Å². The average molecular weight is 222 g/mol. The minimum Gasteiger partial charge on any atom is -0.369 e. The Labute approximate surface area is 96.2 Å². The Morgan fingerprint density at radius 3 is 2.50 bits per heavy atom. The maximum atomic E-state index is 13.9. The fourth-order valence-corrected chi connectivity index (χ4v) is 2.20. The molecule has 0 spiro atoms. The normalized spacial score (nSPS) is 18.6. The molecular formula is C13H19FN2. The first-order valence-electron chi connectivity index (χ1n) is 5.98. The van der Waals surface area contributed by atoms with Gasteiger partial charge in [-0.15, -0.1) is 0 Å². The molecule has 1 aromatic rings. The quantitative estimate of drug-likeness (QED) is 0.833. The standard InChI is InChI=1S/C13H19FN2/c1-10(15)11-5-6-13(12(14)9-11)16-7-3-2-4-8-16/h5-6,9-10H,2-4,7-8,15H2,1H3. The van der Waals surface area contributed by atoms with Crippen molar-refractivity contribution >= 4 is 5.69 Å². The van der Waals surface area contributed by atoms with E-state index in [-0.39, 0.29) is 11.9 Å². The zero-order valence-electron chi connectivity index (χ0n) is 9.75. The highest BCUT2D eigenvalue weighted by Gasteiger charge is 2.15. The summed E-state index contributed by atoms with van der Waals surface area (Å²) in [6.45, 7) is 3.80. The summed E-state index contributed by atoms with van der Waals surface area (Å²) in [5.41, 5.74) is 7.32. The van der Waals surface area contributed by atoms with Crippen LogP contribution >= 0.6 is 0 Å². The first-order chi connectivity index (χ1) is 7.68. The Bertz CT molecular complexity index is 357. The Kier molecular flexibility index (Phi) is 3.44. The molecule has 0 amide bonds. The second kappa shape index (κ2) is 4.83. The second-order valence-corrected chi connectivity index (χ2v) is 4.55. The Morgan fingerprint density at radius 2 is 1.94 bits per heavy atom. The average Bonchev–Trinajstić information content (AvgIpc) is 2.30. The van der Waals surface area contributed by atoms with E-state index in [9.17, 15) is 4.39 Å². The second-order valence-electron chi connectivity index (χ2n) is 4.55. The molecule has 2 rings (SSSR count). The van der Waals surface area contributed by atoms with Gasteiger partial charge < -0.3 is 10.6 Å². The summed E-state index contributed by atoms with van der Waals surface area (Å²) in [7, 11) is 0. The van der Waals surface area contributed by atoms with Crippen LogP contribution in [0.1, 0.15) is 37.8 Å². The van der Waals surface area contributed by atoms with Gasteiger partial charge in [-0.2, -0.15) is 0 Å². The van der Waals surface area contributed by atoms with Crippen molar-refractivity contribution < 1.29 is 4.39 Å². The maximum absolute atomic E-state index is 13.9. The first kappa shape index (κ1) is 11.4. The molecule has 0 saturated carbocycles. The molecule has 1 unspecified atom stereocenters. The van der Waals surface area contributed by atoms with E-state index in [2.05, 4.69) is 4.90 Å². The molecule has 88 valence electrons. The predicted octanol–water partition coefficient (Wildman–Crippen LogP) is 2.84. The minimum absolute atomic E-state index is 0.107. The van der Waals surface area contributed by atoms with Gasteiger partial charge in [0, 0.05) is 19.1 Å². The van der Waals surface area contributed by atoms with Crippen molar-refractivity contribution in [2.45, 2.75) is 32.2 Å². The van der Waals surface area contributed by atoms with Crippen molar-refractivity contribution in [3.8, 4) is 0 Å². The number of rotatable bonds is 2. The van der Waals surface area contributed by atoms with E-state index in [0.717, 1.165) is 37.2 Å². The van der Waals surface area contributed by atoms with Crippen molar-refractivity contribution in [2.75, 3.05) is 18.0 Å². The molecule has 1 fully saturated rings. The lowest BCUT2D eigenvalue weighted by molar-refractivity contribution is 0.555. The van der Waals surface area contributed by atoms with E-state index >= 15 is 0 Å². The number of halogens is 1. The highest BCUT2D eigenvalue weighted by Crippen LogP contribution is 2.25. The number of hydrogen-bond donors (Lipinski definition) is 1. The molecule has 3 heteroatoms. The summed E-state index contributed by atoms with van der Waals surface area (Å²) < 4.78 is 13.9. The molecule has 0 aliphatic carbocycles. The van der Waals surface area contributed by atoms with Crippen LogP contribution < -0.4 is 10.6 Å². The molecule has 1 aliphatic heterocycles. The number of piperidine rings is 1. The van der Waals surface area contributed by atoms with E-state index in [1.165, 1.54) is 6.42 Å². The lowest BCUT2D eigenvalue weighted by Gasteiger charge is -2.29. The van der Waals surface area contributed by atoms with Gasteiger partial charge in [-0.05, 0) is 43.9 Å². The van der Waals surface area contributed by atoms with Crippen LogP contribution in [-0.4, -0.2) is 13.1 Å². The number of nitrogens with zero attached hydrogens (tertiary/aromatic N) is 1. The molecule has 1 aliphatic rings. The van der Waals surface area contributed by atoms with Gasteiger partial charge in [-0.3, -0.25) is 0 Å². The zero-order chi connectivity index (χ0) is 11.5. The molecule has 1 heterocycles. The van der Waals surface area contributed by atoms with Crippen LogP contribution in [0.4, 0.5) is 10.1 Å². The topological polar surface area (TPSA) is 29.3 Å². The van der Waals surface area contributed by atoms with Crippen LogP contribution in [0.15, 0.2) is 18.2 Å². The zero-order valence-corrected chi connectivity index (χ0v) is 9.75. The lowest BCUT2D eigenvalue weighted by atomic mass is 10.1. The molecule has 1 saturated heterocycles. The van der Waals surface area contributed by atoms with Crippen LogP contribution in [-0.2, 0) is 0 Å². The van der Waals surface area contributed by atoms with Crippen molar-refractivity contribution in [1.82, 2.24) is 0 Å². The van der Waals surface area contributed by atoms with Crippen molar-refractivity contribution in [3.63, 3.8) is 0 Å². The van der Waals surface area contributed by atoms with Gasteiger partial charge in [-0.25, -0.2) is 4.39 Å². The van der Waals surface area contributed by atoms with Gasteiger partial charge in [-0.1, -0.05) is 6.07 Å². The van der Waals surface area contributed by atoms with Crippen LogP contribution in [0.25, 0.3) is 0 Å². The largest absolute Gasteiger partial charge is 0.369 e. The molecule has 1 atom stereocenters. The fraction of sp³-hybridized carbons (Fsp3) is 0.538. The van der Waals surface area contributed by atoms with E-state index in [1.807, 2.05) is 19.1 Å². The van der Waals surface area contributed by atoms with E-state index < -0.39 is 0 Å².